The zero-order valence-electron chi connectivity index (χ0n) is 20.5. The Morgan fingerprint density at radius 3 is 1.76 bits per heavy atom. The predicted octanol–water partition coefficient (Wildman–Crippen LogP) is 6.08. The normalized spacial score (nSPS) is 23.9. The summed E-state index contributed by atoms with van der Waals surface area (Å²) in [6, 6.07) is 33.7. The average Bonchev–Trinajstić information content (AvgIpc) is 3.03. The molecule has 2 saturated heterocycles. The predicted molar refractivity (Wildman–Crippen MR) is 143 cm³/mol. The maximum absolute atomic E-state index is 13.3. The molecule has 3 aromatic carbocycles. The molecule has 2 aliphatic heterocycles. The molecule has 2 heterocycles. The number of carbonyl (C=O) groups is 1. The molecule has 2 fully saturated rings. The molecule has 4 atom stereocenters. The Morgan fingerprint density at radius 1 is 0.794 bits per heavy atom. The van der Waals surface area contributed by atoms with Gasteiger partial charge in [-0.05, 0) is 0 Å². The monoisotopic (exact) mass is 514 g/mol. The molecule has 3 heteroatoms. The fourth-order valence-corrected chi connectivity index (χ4v) is 9.68. The third-order valence-corrected chi connectivity index (χ3v) is 11.7. The van der Waals surface area contributed by atoms with Crippen LogP contribution in [0.3, 0.4) is 0 Å². The van der Waals surface area contributed by atoms with E-state index in [1.807, 2.05) is 30.3 Å². The number of hydrogen-bond acceptors (Lipinski definition) is 1. The van der Waals surface area contributed by atoms with Gasteiger partial charge in [0, 0.05) is 0 Å². The van der Waals surface area contributed by atoms with Crippen LogP contribution in [0.4, 0.5) is 0 Å². The van der Waals surface area contributed by atoms with Gasteiger partial charge in [0.25, 0.3) is 0 Å². The van der Waals surface area contributed by atoms with E-state index >= 15 is 0 Å². The van der Waals surface area contributed by atoms with Crippen LogP contribution in [0, 0.1) is 5.92 Å². The van der Waals surface area contributed by atoms with E-state index in [9.17, 15) is 4.79 Å². The van der Waals surface area contributed by atoms with E-state index in [0.717, 1.165) is 29.3 Å². The van der Waals surface area contributed by atoms with Crippen LogP contribution in [0.15, 0.2) is 91.0 Å². The summed E-state index contributed by atoms with van der Waals surface area (Å²) in [5, 5.41) is 0.971. The molecule has 0 saturated carbocycles. The number of rotatable bonds is 8. The molecule has 2 nitrogen and oxygen atoms in total. The van der Waals surface area contributed by atoms with Gasteiger partial charge >= 0.3 is 212 Å². The van der Waals surface area contributed by atoms with Crippen molar-refractivity contribution in [3.05, 3.63) is 108 Å². The molecule has 0 radical (unpaired) electrons. The van der Waals surface area contributed by atoms with Gasteiger partial charge in [-0.2, -0.15) is 0 Å². The molecule has 34 heavy (non-hydrogen) atoms. The molecule has 2 unspecified atom stereocenters. The first-order chi connectivity index (χ1) is 16.5. The summed E-state index contributed by atoms with van der Waals surface area (Å²) in [4.78, 5) is 13.3. The van der Waals surface area contributed by atoms with E-state index in [4.69, 9.17) is 0 Å². The summed E-state index contributed by atoms with van der Waals surface area (Å²) in [7, 11) is 4.90. The Hall–Kier alpha value is -2.15. The molecule has 0 aliphatic carbocycles. The van der Waals surface area contributed by atoms with Crippen LogP contribution in [0.2, 0.25) is 5.21 Å². The Balaban J connectivity index is 1.50. The Bertz CT molecular complexity index is 1040. The number of benzene rings is 3. The van der Waals surface area contributed by atoms with Crippen molar-refractivity contribution in [2.45, 2.75) is 54.8 Å². The Kier molecular flexibility index (Phi) is 6.83. The van der Waals surface area contributed by atoms with Crippen molar-refractivity contribution in [2.75, 3.05) is 14.1 Å². The first kappa shape index (κ1) is 23.6. The molecular formula is C31H37AsNO+. The molecule has 5 rings (SSSR count). The molecule has 2 aliphatic rings. The zero-order valence-corrected chi connectivity index (χ0v) is 22.6. The van der Waals surface area contributed by atoms with Gasteiger partial charge in [0.2, 0.25) is 0 Å². The van der Waals surface area contributed by atoms with Crippen LogP contribution in [-0.4, -0.2) is 51.0 Å². The molecule has 0 amide bonds. The van der Waals surface area contributed by atoms with Gasteiger partial charge in [-0.1, -0.05) is 0 Å². The van der Waals surface area contributed by atoms with Crippen LogP contribution in [0.25, 0.3) is 0 Å². The number of piperidine rings is 1. The summed E-state index contributed by atoms with van der Waals surface area (Å²) < 4.78 is 1.58. The van der Waals surface area contributed by atoms with Crippen molar-refractivity contribution in [1.82, 2.24) is 0 Å². The van der Waals surface area contributed by atoms with Crippen molar-refractivity contribution in [3.63, 3.8) is 0 Å². The van der Waals surface area contributed by atoms with Crippen LogP contribution in [-0.2, 0) is 5.41 Å². The summed E-state index contributed by atoms with van der Waals surface area (Å²) in [6.07, 6.45) is 6.53. The van der Waals surface area contributed by atoms with E-state index in [2.05, 4.69) is 74.8 Å². The molecule has 0 N–H and O–H groups in total. The van der Waals surface area contributed by atoms with E-state index in [1.165, 1.54) is 41.3 Å². The fraction of sp³-hybridized carbons (Fsp3) is 0.387. The third-order valence-electron chi connectivity index (χ3n) is 8.80. The molecule has 2 bridgehead atoms. The van der Waals surface area contributed by atoms with Crippen LogP contribution >= 0.6 is 0 Å². The van der Waals surface area contributed by atoms with Crippen LogP contribution in [0.5, 0.6) is 0 Å². The van der Waals surface area contributed by atoms with Gasteiger partial charge < -0.3 is 0 Å². The minimum absolute atomic E-state index is 0.0917. The van der Waals surface area contributed by atoms with Gasteiger partial charge in [0.15, 0.2) is 0 Å². The van der Waals surface area contributed by atoms with E-state index < -0.39 is 15.8 Å². The van der Waals surface area contributed by atoms with Gasteiger partial charge in [-0.25, -0.2) is 0 Å². The Labute approximate surface area is 211 Å². The summed E-state index contributed by atoms with van der Waals surface area (Å²) in [6.45, 7) is 0. The van der Waals surface area contributed by atoms with Crippen molar-refractivity contribution in [2.24, 2.45) is 5.92 Å². The van der Waals surface area contributed by atoms with Crippen molar-refractivity contribution in [1.29, 1.82) is 0 Å². The molecule has 0 spiro atoms. The number of quaternary nitrogens is 1. The SMILES string of the molecule is C[N+]1(C)[C@@H]2CC[C@H]1CC(CC(C[AsH]C(=O)c1ccccc1)(c1ccccc1)c1ccccc1)C2. The fourth-order valence-electron chi connectivity index (χ4n) is 6.77. The van der Waals surface area contributed by atoms with Gasteiger partial charge in [0.1, 0.15) is 0 Å². The first-order valence-corrected chi connectivity index (χ1v) is 15.3. The molecular weight excluding hydrogens is 477 g/mol. The summed E-state index contributed by atoms with van der Waals surface area (Å²) in [5.74, 6) is 0.711. The topological polar surface area (TPSA) is 17.1 Å². The minimum atomic E-state index is -0.822. The average molecular weight is 515 g/mol. The number of nitrogens with zero attached hydrogens (tertiary/aromatic N) is 1. The Morgan fingerprint density at radius 2 is 1.26 bits per heavy atom. The molecule has 3 aromatic rings. The van der Waals surface area contributed by atoms with Crippen LogP contribution in [0.1, 0.15) is 53.6 Å². The first-order valence-electron chi connectivity index (χ1n) is 12.8. The van der Waals surface area contributed by atoms with Gasteiger partial charge in [0.05, 0.1) is 0 Å². The maximum atomic E-state index is 13.3. The summed E-state index contributed by atoms with van der Waals surface area (Å²) >= 11 is -0.822. The standard InChI is InChI=1S/C31H37AsNO/c1-33(2)28-18-19-29(33)21-24(20-28)22-31(26-14-8-4-9-15-26,27-16-10-5-11-17-27)23-32-30(34)25-12-6-3-7-13-25/h3-17,24,28-29,32H,18-23H2,1-2H3/q+1/t24?,28-,29+. The summed E-state index contributed by atoms with van der Waals surface area (Å²) in [5.41, 5.74) is 3.56. The van der Waals surface area contributed by atoms with Crippen molar-refractivity contribution >= 4 is 20.3 Å². The third kappa shape index (κ3) is 4.55. The van der Waals surface area contributed by atoms with Crippen molar-refractivity contribution < 1.29 is 9.28 Å². The van der Waals surface area contributed by atoms with Gasteiger partial charge in [-0.3, -0.25) is 0 Å². The number of fused-ring (bicyclic) bond motifs is 2. The second-order valence-corrected chi connectivity index (χ2v) is 13.4. The van der Waals surface area contributed by atoms with E-state index in [-0.39, 0.29) is 5.41 Å². The zero-order chi connectivity index (χ0) is 23.6. The van der Waals surface area contributed by atoms with E-state index in [1.54, 1.807) is 0 Å². The second-order valence-electron chi connectivity index (χ2n) is 10.9. The van der Waals surface area contributed by atoms with Crippen molar-refractivity contribution in [3.8, 4) is 0 Å². The van der Waals surface area contributed by atoms with Gasteiger partial charge in [-0.15, -0.1) is 0 Å². The number of hydrogen-bond donors (Lipinski definition) is 0. The van der Waals surface area contributed by atoms with Crippen LogP contribution < -0.4 is 0 Å². The second kappa shape index (κ2) is 9.84. The quantitative estimate of drug-likeness (QED) is 0.263. The number of carbonyl (C=O) groups excluding carboxylic acids is 1. The molecule has 176 valence electrons. The molecule has 0 aromatic heterocycles. The van der Waals surface area contributed by atoms with E-state index in [0.29, 0.717) is 10.5 Å².